The van der Waals surface area contributed by atoms with E-state index in [-0.39, 0.29) is 11.6 Å². The lowest BCUT2D eigenvalue weighted by atomic mass is 9.68. The van der Waals surface area contributed by atoms with Gasteiger partial charge in [-0.25, -0.2) is 9.78 Å². The second-order valence-corrected chi connectivity index (χ2v) is 10.6. The number of hydrogen-bond acceptors (Lipinski definition) is 7. The molecule has 2 aliphatic rings. The fourth-order valence-corrected chi connectivity index (χ4v) is 5.90. The van der Waals surface area contributed by atoms with Crippen LogP contribution in [-0.2, 0) is 7.05 Å². The SMILES string of the molecule is CN(c1ccc(-c2ccc(-c3ncn(C)c(=O)n3)cc2O)nn1)C1C[C@]2(C)CC[C@](C)(C1)C2. The van der Waals surface area contributed by atoms with Gasteiger partial charge in [0.25, 0.3) is 0 Å². The monoisotopic (exact) mass is 446 g/mol. The summed E-state index contributed by atoms with van der Waals surface area (Å²) in [4.78, 5) is 22.2. The van der Waals surface area contributed by atoms with Gasteiger partial charge in [-0.3, -0.25) is 4.57 Å². The zero-order chi connectivity index (χ0) is 23.4. The van der Waals surface area contributed by atoms with Gasteiger partial charge in [0.05, 0.1) is 5.69 Å². The van der Waals surface area contributed by atoms with Crippen LogP contribution in [0.15, 0.2) is 41.5 Å². The molecule has 0 saturated heterocycles. The number of fused-ring (bicyclic) bond motifs is 2. The normalized spacial score (nSPS) is 26.4. The van der Waals surface area contributed by atoms with E-state index in [4.69, 9.17) is 0 Å². The third-order valence-corrected chi connectivity index (χ3v) is 7.59. The minimum atomic E-state index is -0.400. The summed E-state index contributed by atoms with van der Waals surface area (Å²) in [5, 5.41) is 19.5. The van der Waals surface area contributed by atoms with Crippen molar-refractivity contribution in [2.75, 3.05) is 11.9 Å². The van der Waals surface area contributed by atoms with Gasteiger partial charge in [0.15, 0.2) is 11.6 Å². The molecule has 2 saturated carbocycles. The van der Waals surface area contributed by atoms with Gasteiger partial charge in [-0.1, -0.05) is 19.9 Å². The van der Waals surface area contributed by atoms with Crippen molar-refractivity contribution in [3.63, 3.8) is 0 Å². The highest BCUT2D eigenvalue weighted by Gasteiger charge is 2.49. The van der Waals surface area contributed by atoms with Gasteiger partial charge in [0.2, 0.25) is 0 Å². The predicted molar refractivity (Wildman–Crippen MR) is 127 cm³/mol. The van der Waals surface area contributed by atoms with E-state index in [9.17, 15) is 9.90 Å². The Labute approximate surface area is 193 Å². The largest absolute Gasteiger partial charge is 0.507 e. The molecule has 0 radical (unpaired) electrons. The molecular formula is C25H30N6O2. The van der Waals surface area contributed by atoms with Gasteiger partial charge in [0.1, 0.15) is 12.1 Å². The van der Waals surface area contributed by atoms with Crippen LogP contribution in [0.4, 0.5) is 5.82 Å². The first-order chi connectivity index (χ1) is 15.6. The van der Waals surface area contributed by atoms with Crippen LogP contribution in [0.1, 0.15) is 46.0 Å². The van der Waals surface area contributed by atoms with E-state index in [0.717, 1.165) is 5.82 Å². The second kappa shape index (κ2) is 7.64. The number of aryl methyl sites for hydroxylation is 1. The van der Waals surface area contributed by atoms with Gasteiger partial charge in [-0.15, -0.1) is 10.2 Å². The molecule has 2 bridgehead atoms. The standard InChI is InChI=1S/C25H30N6O2/c1-24-9-10-25(2,14-24)13-17(12-24)31(4)21-8-7-19(28-29-21)18-6-5-16(11-20(18)32)22-26-15-30(3)23(33)27-22/h5-8,11,15,17,32H,9-10,12-14H2,1-4H3/t17?,24-,25+. The number of rotatable bonds is 4. The molecule has 3 aromatic rings. The maximum Gasteiger partial charge on any atom is 0.350 e. The first kappa shape index (κ1) is 21.6. The van der Waals surface area contributed by atoms with Gasteiger partial charge < -0.3 is 10.0 Å². The lowest BCUT2D eigenvalue weighted by Gasteiger charge is -2.44. The van der Waals surface area contributed by atoms with Gasteiger partial charge in [-0.05, 0) is 67.2 Å². The van der Waals surface area contributed by atoms with E-state index in [1.165, 1.54) is 43.0 Å². The van der Waals surface area contributed by atoms with Crippen molar-refractivity contribution in [2.45, 2.75) is 52.0 Å². The minimum Gasteiger partial charge on any atom is -0.507 e. The Morgan fingerprint density at radius 2 is 1.82 bits per heavy atom. The number of hydrogen-bond donors (Lipinski definition) is 1. The number of phenols is 1. The quantitative estimate of drug-likeness (QED) is 0.651. The summed E-state index contributed by atoms with van der Waals surface area (Å²) in [7, 11) is 3.70. The van der Waals surface area contributed by atoms with Crippen LogP contribution in [0.3, 0.4) is 0 Å². The molecule has 33 heavy (non-hydrogen) atoms. The topological polar surface area (TPSA) is 97.0 Å². The van der Waals surface area contributed by atoms with Gasteiger partial charge in [0, 0.05) is 31.3 Å². The average molecular weight is 447 g/mol. The Hall–Kier alpha value is -3.29. The van der Waals surface area contributed by atoms with Crippen LogP contribution in [0.2, 0.25) is 0 Å². The Morgan fingerprint density at radius 1 is 1.09 bits per heavy atom. The molecule has 2 aliphatic carbocycles. The van der Waals surface area contributed by atoms with Crippen LogP contribution < -0.4 is 10.6 Å². The van der Waals surface area contributed by atoms with E-state index in [1.807, 2.05) is 12.1 Å². The molecule has 1 unspecified atom stereocenters. The smallest absolute Gasteiger partial charge is 0.350 e. The van der Waals surface area contributed by atoms with Crippen LogP contribution in [0.25, 0.3) is 22.6 Å². The Balaban J connectivity index is 1.36. The molecule has 2 fully saturated rings. The van der Waals surface area contributed by atoms with E-state index < -0.39 is 5.69 Å². The summed E-state index contributed by atoms with van der Waals surface area (Å²) in [5.74, 6) is 1.16. The average Bonchev–Trinajstić information content (AvgIpc) is 3.01. The van der Waals surface area contributed by atoms with Crippen molar-refractivity contribution in [1.82, 2.24) is 24.7 Å². The van der Waals surface area contributed by atoms with E-state index >= 15 is 0 Å². The van der Waals surface area contributed by atoms with Crippen molar-refractivity contribution >= 4 is 5.82 Å². The number of benzene rings is 1. The second-order valence-electron chi connectivity index (χ2n) is 10.6. The molecule has 2 aromatic heterocycles. The molecule has 1 N–H and O–H groups in total. The molecule has 0 spiro atoms. The fourth-order valence-electron chi connectivity index (χ4n) is 5.90. The van der Waals surface area contributed by atoms with Crippen LogP contribution in [0, 0.1) is 10.8 Å². The number of aromatic nitrogens is 5. The number of anilines is 1. The summed E-state index contributed by atoms with van der Waals surface area (Å²) >= 11 is 0. The number of phenolic OH excluding ortho intramolecular Hbond substituents is 1. The van der Waals surface area contributed by atoms with E-state index in [0.29, 0.717) is 33.7 Å². The van der Waals surface area contributed by atoms with Crippen molar-refractivity contribution in [2.24, 2.45) is 17.9 Å². The highest BCUT2D eigenvalue weighted by molar-refractivity contribution is 5.72. The zero-order valence-electron chi connectivity index (χ0n) is 19.6. The van der Waals surface area contributed by atoms with Crippen molar-refractivity contribution in [1.29, 1.82) is 0 Å². The van der Waals surface area contributed by atoms with Crippen LogP contribution in [-0.4, -0.2) is 42.9 Å². The summed E-state index contributed by atoms with van der Waals surface area (Å²) in [6.45, 7) is 4.86. The van der Waals surface area contributed by atoms with Crippen molar-refractivity contribution in [3.05, 3.63) is 47.1 Å². The van der Waals surface area contributed by atoms with E-state index in [2.05, 4.69) is 46.0 Å². The Kier molecular flexibility index (Phi) is 4.99. The van der Waals surface area contributed by atoms with Crippen molar-refractivity contribution in [3.8, 4) is 28.4 Å². The predicted octanol–water partition coefficient (Wildman–Crippen LogP) is 3.80. The fraction of sp³-hybridized carbons (Fsp3) is 0.480. The lowest BCUT2D eigenvalue weighted by molar-refractivity contribution is 0.148. The molecule has 8 nitrogen and oxygen atoms in total. The number of aromatic hydroxyl groups is 1. The first-order valence-corrected chi connectivity index (χ1v) is 11.4. The molecule has 0 aliphatic heterocycles. The van der Waals surface area contributed by atoms with Crippen molar-refractivity contribution < 1.29 is 5.11 Å². The summed E-state index contributed by atoms with van der Waals surface area (Å²) in [5.41, 5.74) is 2.18. The third kappa shape index (κ3) is 3.98. The molecule has 2 heterocycles. The molecule has 172 valence electrons. The zero-order valence-corrected chi connectivity index (χ0v) is 19.6. The minimum absolute atomic E-state index is 0.0388. The summed E-state index contributed by atoms with van der Waals surface area (Å²) < 4.78 is 1.30. The number of nitrogens with zero attached hydrogens (tertiary/aromatic N) is 6. The molecule has 5 rings (SSSR count). The summed E-state index contributed by atoms with van der Waals surface area (Å²) in [6.07, 6.45) is 7.75. The third-order valence-electron chi connectivity index (χ3n) is 7.59. The van der Waals surface area contributed by atoms with Crippen LogP contribution in [0.5, 0.6) is 5.75 Å². The molecular weight excluding hydrogens is 416 g/mol. The molecule has 0 amide bonds. The Bertz CT molecular complexity index is 1240. The maximum absolute atomic E-state index is 11.8. The van der Waals surface area contributed by atoms with Gasteiger partial charge >= 0.3 is 5.69 Å². The highest BCUT2D eigenvalue weighted by Crippen LogP contribution is 2.58. The molecule has 3 atom stereocenters. The van der Waals surface area contributed by atoms with Gasteiger partial charge in [-0.2, -0.15) is 4.98 Å². The molecule has 8 heteroatoms. The summed E-state index contributed by atoms with van der Waals surface area (Å²) in [6, 6.07) is 9.39. The maximum atomic E-state index is 11.8. The lowest BCUT2D eigenvalue weighted by Crippen LogP contribution is -2.42. The first-order valence-electron chi connectivity index (χ1n) is 11.4. The van der Waals surface area contributed by atoms with Crippen LogP contribution >= 0.6 is 0 Å². The highest BCUT2D eigenvalue weighted by atomic mass is 16.3. The Morgan fingerprint density at radius 3 is 2.42 bits per heavy atom. The van der Waals surface area contributed by atoms with E-state index in [1.54, 1.807) is 25.2 Å². The molecule has 1 aromatic carbocycles.